The summed E-state index contributed by atoms with van der Waals surface area (Å²) in [5.41, 5.74) is 0.531. The fourth-order valence-corrected chi connectivity index (χ4v) is 4.02. The first-order valence-corrected chi connectivity index (χ1v) is 11.1. The standard InChI is InChI=1S/C23H36N4O3/c1-23(2,3)30-22(29)27-11-9-19(10-12-27)18-25-13-15-26(16-14-25)21(28)17-24-20-7-5-4-6-8-20/h4-8,19,24H,9-18H2,1-3H3. The van der Waals surface area contributed by atoms with Crippen LogP contribution in [0.15, 0.2) is 30.3 Å². The number of nitrogens with one attached hydrogen (secondary N) is 1. The maximum absolute atomic E-state index is 12.5. The van der Waals surface area contributed by atoms with E-state index in [0.29, 0.717) is 12.5 Å². The number of anilines is 1. The first-order chi connectivity index (χ1) is 14.3. The minimum absolute atomic E-state index is 0.157. The molecule has 0 aromatic heterocycles. The van der Waals surface area contributed by atoms with Gasteiger partial charge in [-0.25, -0.2) is 4.79 Å². The van der Waals surface area contributed by atoms with Crippen LogP contribution in [-0.4, -0.2) is 84.7 Å². The predicted octanol–water partition coefficient (Wildman–Crippen LogP) is 2.89. The molecule has 2 aliphatic rings. The lowest BCUT2D eigenvalue weighted by atomic mass is 9.96. The van der Waals surface area contributed by atoms with Gasteiger partial charge in [0.1, 0.15) is 5.60 Å². The summed E-state index contributed by atoms with van der Waals surface area (Å²) in [7, 11) is 0. The number of para-hydroxylation sites is 1. The topological polar surface area (TPSA) is 65.1 Å². The molecule has 2 saturated heterocycles. The molecule has 7 nitrogen and oxygen atoms in total. The van der Waals surface area contributed by atoms with Crippen molar-refractivity contribution in [1.82, 2.24) is 14.7 Å². The molecule has 7 heteroatoms. The minimum Gasteiger partial charge on any atom is -0.444 e. The average Bonchev–Trinajstić information content (AvgIpc) is 2.72. The molecule has 0 saturated carbocycles. The molecule has 30 heavy (non-hydrogen) atoms. The van der Waals surface area contributed by atoms with E-state index in [1.807, 2.05) is 60.9 Å². The number of likely N-dealkylation sites (tertiary alicyclic amines) is 1. The monoisotopic (exact) mass is 416 g/mol. The predicted molar refractivity (Wildman–Crippen MR) is 118 cm³/mol. The molecule has 1 aromatic rings. The van der Waals surface area contributed by atoms with Gasteiger partial charge in [0, 0.05) is 51.5 Å². The molecule has 0 aliphatic carbocycles. The number of piperazine rings is 1. The number of carbonyl (C=O) groups excluding carboxylic acids is 2. The van der Waals surface area contributed by atoms with E-state index < -0.39 is 5.60 Å². The molecule has 2 heterocycles. The third-order valence-corrected chi connectivity index (χ3v) is 5.73. The molecule has 0 atom stereocenters. The van der Waals surface area contributed by atoms with Crippen LogP contribution in [0, 0.1) is 5.92 Å². The number of hydrogen-bond donors (Lipinski definition) is 1. The van der Waals surface area contributed by atoms with Crippen molar-refractivity contribution in [2.45, 2.75) is 39.2 Å². The van der Waals surface area contributed by atoms with Crippen LogP contribution in [0.2, 0.25) is 0 Å². The molecule has 2 fully saturated rings. The van der Waals surface area contributed by atoms with Gasteiger partial charge in [-0.2, -0.15) is 0 Å². The zero-order chi connectivity index (χ0) is 21.6. The van der Waals surface area contributed by atoms with Crippen LogP contribution < -0.4 is 5.32 Å². The maximum Gasteiger partial charge on any atom is 0.410 e. The van der Waals surface area contributed by atoms with Crippen LogP contribution in [-0.2, 0) is 9.53 Å². The van der Waals surface area contributed by atoms with Crippen molar-refractivity contribution in [3.05, 3.63) is 30.3 Å². The number of amides is 2. The number of carbonyl (C=O) groups is 2. The molecule has 0 unspecified atom stereocenters. The van der Waals surface area contributed by atoms with E-state index in [-0.39, 0.29) is 12.0 Å². The second kappa shape index (κ2) is 10.2. The van der Waals surface area contributed by atoms with Crippen LogP contribution in [0.3, 0.4) is 0 Å². The minimum atomic E-state index is -0.443. The largest absolute Gasteiger partial charge is 0.444 e. The first kappa shape index (κ1) is 22.4. The summed E-state index contributed by atoms with van der Waals surface area (Å²) in [6.45, 7) is 12.0. The van der Waals surface area contributed by atoms with Crippen molar-refractivity contribution < 1.29 is 14.3 Å². The van der Waals surface area contributed by atoms with Crippen LogP contribution in [0.4, 0.5) is 10.5 Å². The zero-order valence-electron chi connectivity index (χ0n) is 18.6. The summed E-state index contributed by atoms with van der Waals surface area (Å²) in [6, 6.07) is 9.83. The SMILES string of the molecule is CC(C)(C)OC(=O)N1CCC(CN2CCN(C(=O)CNc3ccccc3)CC2)CC1. The first-order valence-electron chi connectivity index (χ1n) is 11.1. The molecular formula is C23H36N4O3. The Kier molecular flexibility index (Phi) is 7.58. The highest BCUT2D eigenvalue weighted by molar-refractivity contribution is 5.81. The summed E-state index contributed by atoms with van der Waals surface area (Å²) in [5.74, 6) is 0.759. The molecule has 1 aromatic carbocycles. The van der Waals surface area contributed by atoms with Crippen LogP contribution in [0.5, 0.6) is 0 Å². The van der Waals surface area contributed by atoms with Crippen LogP contribution in [0.1, 0.15) is 33.6 Å². The highest BCUT2D eigenvalue weighted by Gasteiger charge is 2.29. The normalized spacial score (nSPS) is 18.9. The lowest BCUT2D eigenvalue weighted by Crippen LogP contribution is -2.51. The van der Waals surface area contributed by atoms with Gasteiger partial charge in [-0.05, 0) is 51.7 Å². The zero-order valence-corrected chi connectivity index (χ0v) is 18.6. The summed E-state index contributed by atoms with van der Waals surface area (Å²) < 4.78 is 5.48. The Balaban J connectivity index is 1.33. The van der Waals surface area contributed by atoms with Gasteiger partial charge in [0.15, 0.2) is 0 Å². The van der Waals surface area contributed by atoms with Crippen LogP contribution in [0.25, 0.3) is 0 Å². The molecule has 166 valence electrons. The number of rotatable bonds is 5. The maximum atomic E-state index is 12.5. The lowest BCUT2D eigenvalue weighted by Gasteiger charge is -2.39. The van der Waals surface area contributed by atoms with Crippen molar-refractivity contribution in [2.24, 2.45) is 5.92 Å². The number of nitrogens with zero attached hydrogens (tertiary/aromatic N) is 3. The number of benzene rings is 1. The summed E-state index contributed by atoms with van der Waals surface area (Å²) in [4.78, 5) is 30.9. The van der Waals surface area contributed by atoms with Gasteiger partial charge in [-0.3, -0.25) is 9.69 Å². The Labute approximate surface area is 180 Å². The molecule has 2 amide bonds. The summed E-state index contributed by atoms with van der Waals surface area (Å²) in [5, 5.41) is 3.20. The van der Waals surface area contributed by atoms with Gasteiger partial charge in [0.25, 0.3) is 0 Å². The number of piperidine rings is 1. The van der Waals surface area contributed by atoms with Crippen molar-refractivity contribution >= 4 is 17.7 Å². The second-order valence-electron chi connectivity index (χ2n) is 9.31. The van der Waals surface area contributed by atoms with E-state index in [0.717, 1.165) is 64.3 Å². The van der Waals surface area contributed by atoms with E-state index >= 15 is 0 Å². The van der Waals surface area contributed by atoms with E-state index in [9.17, 15) is 9.59 Å². The van der Waals surface area contributed by atoms with Crippen molar-refractivity contribution in [1.29, 1.82) is 0 Å². The molecule has 0 spiro atoms. The van der Waals surface area contributed by atoms with Gasteiger partial charge < -0.3 is 19.9 Å². The Morgan fingerprint density at radius 1 is 0.967 bits per heavy atom. The van der Waals surface area contributed by atoms with E-state index in [1.165, 1.54) is 0 Å². The summed E-state index contributed by atoms with van der Waals surface area (Å²) >= 11 is 0. The Morgan fingerprint density at radius 2 is 1.60 bits per heavy atom. The second-order valence-corrected chi connectivity index (χ2v) is 9.31. The Hall–Kier alpha value is -2.28. The van der Waals surface area contributed by atoms with Gasteiger partial charge >= 0.3 is 6.09 Å². The van der Waals surface area contributed by atoms with Crippen LogP contribution >= 0.6 is 0 Å². The highest BCUT2D eigenvalue weighted by atomic mass is 16.6. The van der Waals surface area contributed by atoms with Gasteiger partial charge in [-0.1, -0.05) is 18.2 Å². The smallest absolute Gasteiger partial charge is 0.410 e. The summed E-state index contributed by atoms with van der Waals surface area (Å²) in [6.07, 6.45) is 1.83. The van der Waals surface area contributed by atoms with Crippen molar-refractivity contribution in [3.63, 3.8) is 0 Å². The molecule has 0 radical (unpaired) electrons. The molecule has 0 bridgehead atoms. The van der Waals surface area contributed by atoms with Crippen molar-refractivity contribution in [3.8, 4) is 0 Å². The fraction of sp³-hybridized carbons (Fsp3) is 0.652. The van der Waals surface area contributed by atoms with Gasteiger partial charge in [-0.15, -0.1) is 0 Å². The highest BCUT2D eigenvalue weighted by Crippen LogP contribution is 2.21. The average molecular weight is 417 g/mol. The third kappa shape index (κ3) is 6.90. The van der Waals surface area contributed by atoms with E-state index in [1.54, 1.807) is 0 Å². The van der Waals surface area contributed by atoms with E-state index in [2.05, 4.69) is 10.2 Å². The molecule has 3 rings (SSSR count). The molecule has 2 aliphatic heterocycles. The number of ether oxygens (including phenoxy) is 1. The fourth-order valence-electron chi connectivity index (χ4n) is 4.02. The van der Waals surface area contributed by atoms with Gasteiger partial charge in [0.05, 0.1) is 6.54 Å². The number of hydrogen-bond acceptors (Lipinski definition) is 5. The van der Waals surface area contributed by atoms with Gasteiger partial charge in [0.2, 0.25) is 5.91 Å². The lowest BCUT2D eigenvalue weighted by molar-refractivity contribution is -0.131. The Bertz CT molecular complexity index is 688. The van der Waals surface area contributed by atoms with E-state index in [4.69, 9.17) is 4.74 Å². The van der Waals surface area contributed by atoms with Crippen molar-refractivity contribution in [2.75, 3.05) is 57.7 Å². The Morgan fingerprint density at radius 3 is 2.20 bits per heavy atom. The quantitative estimate of drug-likeness (QED) is 0.800. The molecule has 1 N–H and O–H groups in total. The molecular weight excluding hydrogens is 380 g/mol. The third-order valence-electron chi connectivity index (χ3n) is 5.73.